The van der Waals surface area contributed by atoms with Crippen molar-refractivity contribution in [2.24, 2.45) is 5.10 Å². The number of para-hydroxylation sites is 1. The molecule has 0 aliphatic heterocycles. The van der Waals surface area contributed by atoms with Gasteiger partial charge in [0.05, 0.1) is 24.4 Å². The van der Waals surface area contributed by atoms with Gasteiger partial charge in [-0.2, -0.15) is 5.10 Å². The van der Waals surface area contributed by atoms with Gasteiger partial charge in [-0.3, -0.25) is 9.59 Å². The Morgan fingerprint density at radius 2 is 1.81 bits per heavy atom. The number of hydrazone groups is 1. The minimum atomic E-state index is -0.493. The summed E-state index contributed by atoms with van der Waals surface area (Å²) < 4.78 is 16.1. The van der Waals surface area contributed by atoms with Gasteiger partial charge in [0.2, 0.25) is 11.8 Å². The summed E-state index contributed by atoms with van der Waals surface area (Å²) >= 11 is 3.37. The van der Waals surface area contributed by atoms with Crippen LogP contribution in [0.2, 0.25) is 0 Å². The van der Waals surface area contributed by atoms with Crippen molar-refractivity contribution >= 4 is 45.6 Å². The molecule has 0 fully saturated rings. The van der Waals surface area contributed by atoms with Gasteiger partial charge in [0.15, 0.2) is 18.1 Å². The first-order valence-electron chi connectivity index (χ1n) is 9.75. The van der Waals surface area contributed by atoms with Gasteiger partial charge in [0, 0.05) is 18.5 Å². The SMILES string of the molecule is CCOC(=O)COc1c(Br)cc(C=NNC(=O)CCC(=O)Nc2ccccc2)cc1OC. The largest absolute Gasteiger partial charge is 0.493 e. The molecular formula is C22H24BrN3O6. The zero-order valence-electron chi connectivity index (χ0n) is 17.7. The Bertz CT molecular complexity index is 966. The van der Waals surface area contributed by atoms with Crippen LogP contribution in [0, 0.1) is 0 Å². The normalized spacial score (nSPS) is 10.5. The standard InChI is InChI=1S/C22H24BrN3O6/c1-3-31-21(29)14-32-22-17(23)11-15(12-18(22)30-2)13-24-26-20(28)10-9-19(27)25-16-7-5-4-6-8-16/h4-8,11-13H,3,9-10,14H2,1-2H3,(H,25,27)(H,26,28). The molecule has 9 nitrogen and oxygen atoms in total. The van der Waals surface area contributed by atoms with Crippen LogP contribution < -0.4 is 20.2 Å². The zero-order chi connectivity index (χ0) is 23.3. The molecule has 2 aromatic carbocycles. The number of halogens is 1. The van der Waals surface area contributed by atoms with Crippen LogP contribution in [0.25, 0.3) is 0 Å². The molecular weight excluding hydrogens is 482 g/mol. The second-order valence-corrected chi connectivity index (χ2v) is 7.19. The second kappa shape index (κ2) is 13.1. The number of methoxy groups -OCH3 is 1. The monoisotopic (exact) mass is 505 g/mol. The fourth-order valence-electron chi connectivity index (χ4n) is 2.49. The number of carbonyl (C=O) groups is 3. The van der Waals surface area contributed by atoms with E-state index in [2.05, 4.69) is 31.8 Å². The molecule has 0 spiro atoms. The highest BCUT2D eigenvalue weighted by Crippen LogP contribution is 2.36. The summed E-state index contributed by atoms with van der Waals surface area (Å²) in [7, 11) is 1.46. The number of amides is 2. The van der Waals surface area contributed by atoms with E-state index < -0.39 is 11.9 Å². The Morgan fingerprint density at radius 3 is 2.50 bits per heavy atom. The predicted octanol–water partition coefficient (Wildman–Crippen LogP) is 3.27. The molecule has 0 aliphatic carbocycles. The fourth-order valence-corrected chi connectivity index (χ4v) is 3.07. The third-order valence-electron chi connectivity index (χ3n) is 3.93. The van der Waals surface area contributed by atoms with Crippen molar-refractivity contribution < 1.29 is 28.6 Å². The third kappa shape index (κ3) is 8.38. The summed E-state index contributed by atoms with van der Waals surface area (Å²) in [6.45, 7) is 1.71. The van der Waals surface area contributed by atoms with Crippen LogP contribution in [-0.2, 0) is 19.1 Å². The van der Waals surface area contributed by atoms with Gasteiger partial charge < -0.3 is 19.5 Å². The Kier molecular flexibility index (Phi) is 10.2. The quantitative estimate of drug-likeness (QED) is 0.275. The smallest absolute Gasteiger partial charge is 0.344 e. The van der Waals surface area contributed by atoms with E-state index >= 15 is 0 Å². The molecule has 32 heavy (non-hydrogen) atoms. The lowest BCUT2D eigenvalue weighted by atomic mass is 10.2. The van der Waals surface area contributed by atoms with Crippen LogP contribution in [0.3, 0.4) is 0 Å². The Hall–Kier alpha value is -3.40. The average Bonchev–Trinajstić information content (AvgIpc) is 2.77. The molecule has 0 saturated carbocycles. The maximum Gasteiger partial charge on any atom is 0.344 e. The summed E-state index contributed by atoms with van der Waals surface area (Å²) in [6.07, 6.45) is 1.44. The van der Waals surface area contributed by atoms with E-state index in [1.54, 1.807) is 31.2 Å². The highest BCUT2D eigenvalue weighted by atomic mass is 79.9. The Morgan fingerprint density at radius 1 is 1.09 bits per heavy atom. The van der Waals surface area contributed by atoms with E-state index in [1.807, 2.05) is 18.2 Å². The average molecular weight is 506 g/mol. The lowest BCUT2D eigenvalue weighted by Gasteiger charge is -2.13. The highest BCUT2D eigenvalue weighted by molar-refractivity contribution is 9.10. The van der Waals surface area contributed by atoms with Crippen molar-refractivity contribution in [1.82, 2.24) is 5.43 Å². The van der Waals surface area contributed by atoms with Crippen LogP contribution in [0.5, 0.6) is 11.5 Å². The number of rotatable bonds is 11. The zero-order valence-corrected chi connectivity index (χ0v) is 19.3. The molecule has 2 amide bonds. The Labute approximate surface area is 194 Å². The van der Waals surface area contributed by atoms with Crippen LogP contribution in [-0.4, -0.2) is 44.3 Å². The van der Waals surface area contributed by atoms with Crippen molar-refractivity contribution in [1.29, 1.82) is 0 Å². The number of hydrogen-bond donors (Lipinski definition) is 2. The number of anilines is 1. The first kappa shape index (κ1) is 24.9. The molecule has 0 atom stereocenters. The number of esters is 1. The van der Waals surface area contributed by atoms with Crippen molar-refractivity contribution in [2.45, 2.75) is 19.8 Å². The van der Waals surface area contributed by atoms with Crippen molar-refractivity contribution in [2.75, 3.05) is 25.6 Å². The third-order valence-corrected chi connectivity index (χ3v) is 4.52. The molecule has 0 heterocycles. The number of hydrogen-bond acceptors (Lipinski definition) is 7. The van der Waals surface area contributed by atoms with Gasteiger partial charge in [-0.15, -0.1) is 0 Å². The van der Waals surface area contributed by atoms with Crippen LogP contribution >= 0.6 is 15.9 Å². The van der Waals surface area contributed by atoms with Crippen molar-refractivity contribution in [3.63, 3.8) is 0 Å². The first-order chi connectivity index (χ1) is 15.4. The highest BCUT2D eigenvalue weighted by Gasteiger charge is 2.14. The first-order valence-corrected chi connectivity index (χ1v) is 10.5. The van der Waals surface area contributed by atoms with Gasteiger partial charge in [0.1, 0.15) is 0 Å². The molecule has 0 radical (unpaired) electrons. The van der Waals surface area contributed by atoms with Crippen molar-refractivity contribution in [3.8, 4) is 11.5 Å². The van der Waals surface area contributed by atoms with Gasteiger partial charge in [0.25, 0.3) is 0 Å². The number of benzene rings is 2. The summed E-state index contributed by atoms with van der Waals surface area (Å²) in [4.78, 5) is 35.3. The van der Waals surface area contributed by atoms with Crippen molar-refractivity contribution in [3.05, 3.63) is 52.5 Å². The van der Waals surface area contributed by atoms with E-state index in [4.69, 9.17) is 14.2 Å². The molecule has 2 N–H and O–H groups in total. The van der Waals surface area contributed by atoms with Gasteiger partial charge in [-0.05, 0) is 52.7 Å². The number of carbonyl (C=O) groups excluding carboxylic acids is 3. The molecule has 0 saturated heterocycles. The molecule has 0 unspecified atom stereocenters. The molecule has 10 heteroatoms. The number of ether oxygens (including phenoxy) is 3. The van der Waals surface area contributed by atoms with Gasteiger partial charge in [-0.1, -0.05) is 18.2 Å². The van der Waals surface area contributed by atoms with E-state index in [0.717, 1.165) is 0 Å². The maximum absolute atomic E-state index is 11.9. The van der Waals surface area contributed by atoms with E-state index in [1.165, 1.54) is 13.3 Å². The summed E-state index contributed by atoms with van der Waals surface area (Å²) in [5, 5.41) is 6.61. The second-order valence-electron chi connectivity index (χ2n) is 6.34. The van der Waals surface area contributed by atoms with Crippen LogP contribution in [0.4, 0.5) is 5.69 Å². The van der Waals surface area contributed by atoms with Crippen LogP contribution in [0.1, 0.15) is 25.3 Å². The predicted molar refractivity (Wildman–Crippen MR) is 123 cm³/mol. The van der Waals surface area contributed by atoms with E-state index in [0.29, 0.717) is 27.2 Å². The number of nitrogens with one attached hydrogen (secondary N) is 2. The summed E-state index contributed by atoms with van der Waals surface area (Å²) in [6, 6.07) is 12.3. The lowest BCUT2D eigenvalue weighted by Crippen LogP contribution is -2.20. The molecule has 2 aromatic rings. The topological polar surface area (TPSA) is 115 Å². The van der Waals surface area contributed by atoms with E-state index in [9.17, 15) is 14.4 Å². The maximum atomic E-state index is 11.9. The summed E-state index contributed by atoms with van der Waals surface area (Å²) in [5.41, 5.74) is 3.66. The minimum absolute atomic E-state index is 0.0103. The molecule has 0 bridgehead atoms. The molecule has 0 aromatic heterocycles. The van der Waals surface area contributed by atoms with E-state index in [-0.39, 0.29) is 32.0 Å². The fraction of sp³-hybridized carbons (Fsp3) is 0.273. The van der Waals surface area contributed by atoms with Gasteiger partial charge in [-0.25, -0.2) is 10.2 Å². The molecule has 2 rings (SSSR count). The number of nitrogens with zero attached hydrogens (tertiary/aromatic N) is 1. The molecule has 170 valence electrons. The Balaban J connectivity index is 1.86. The molecule has 0 aliphatic rings. The minimum Gasteiger partial charge on any atom is -0.493 e. The lowest BCUT2D eigenvalue weighted by molar-refractivity contribution is -0.145. The van der Waals surface area contributed by atoms with Gasteiger partial charge >= 0.3 is 5.97 Å². The van der Waals surface area contributed by atoms with Crippen LogP contribution in [0.15, 0.2) is 52.0 Å². The summed E-state index contributed by atoms with van der Waals surface area (Å²) in [5.74, 6) is -0.445.